The maximum absolute atomic E-state index is 13.1. The summed E-state index contributed by atoms with van der Waals surface area (Å²) in [6.45, 7) is 0.519. The van der Waals surface area contributed by atoms with Gasteiger partial charge in [0.15, 0.2) is 0 Å². The summed E-state index contributed by atoms with van der Waals surface area (Å²) in [5.74, 6) is 1.14. The van der Waals surface area contributed by atoms with Gasteiger partial charge in [0.05, 0.1) is 14.2 Å². The smallest absolute Gasteiger partial charge is 0.220 e. The lowest BCUT2D eigenvalue weighted by atomic mass is 10.1. The number of halogens is 1. The van der Waals surface area contributed by atoms with Gasteiger partial charge in [-0.05, 0) is 42.2 Å². The number of hydrogen-bond donors (Lipinski definition) is 1. The van der Waals surface area contributed by atoms with Gasteiger partial charge in [-0.1, -0.05) is 18.2 Å². The largest absolute Gasteiger partial charge is 0.497 e. The van der Waals surface area contributed by atoms with Crippen molar-refractivity contribution in [2.75, 3.05) is 20.8 Å². The molecule has 0 aliphatic heterocycles. The second-order valence-corrected chi connectivity index (χ2v) is 5.41. The highest BCUT2D eigenvalue weighted by Crippen LogP contribution is 2.24. The maximum atomic E-state index is 13.1. The molecule has 0 aliphatic rings. The van der Waals surface area contributed by atoms with Gasteiger partial charge in [0.1, 0.15) is 17.3 Å². The van der Waals surface area contributed by atoms with Gasteiger partial charge in [0.2, 0.25) is 5.91 Å². The zero-order valence-electron chi connectivity index (χ0n) is 14.0. The third-order valence-corrected chi connectivity index (χ3v) is 3.74. The summed E-state index contributed by atoms with van der Waals surface area (Å²) in [5.41, 5.74) is 1.82. The van der Waals surface area contributed by atoms with Crippen LogP contribution in [0.15, 0.2) is 42.5 Å². The molecule has 0 heterocycles. The minimum absolute atomic E-state index is 0.0493. The Kier molecular flexibility index (Phi) is 6.61. The van der Waals surface area contributed by atoms with Crippen LogP contribution in [0.25, 0.3) is 0 Å². The molecular weight excluding hydrogens is 309 g/mol. The van der Waals surface area contributed by atoms with Crippen LogP contribution >= 0.6 is 0 Å². The SMILES string of the molecule is COc1ccc(CCNC(=O)CCc2cccc(F)c2)c(OC)c1. The molecule has 2 aromatic rings. The monoisotopic (exact) mass is 331 g/mol. The molecule has 2 rings (SSSR count). The van der Waals surface area contributed by atoms with Crippen molar-refractivity contribution in [2.45, 2.75) is 19.3 Å². The molecule has 1 amide bonds. The van der Waals surface area contributed by atoms with Gasteiger partial charge >= 0.3 is 0 Å². The second kappa shape index (κ2) is 8.91. The molecule has 0 atom stereocenters. The fourth-order valence-corrected chi connectivity index (χ4v) is 2.43. The lowest BCUT2D eigenvalue weighted by molar-refractivity contribution is -0.121. The van der Waals surface area contributed by atoms with Crippen LogP contribution in [0.1, 0.15) is 17.5 Å². The van der Waals surface area contributed by atoms with Crippen molar-refractivity contribution in [1.29, 1.82) is 0 Å². The van der Waals surface area contributed by atoms with Crippen LogP contribution in [-0.2, 0) is 17.6 Å². The fraction of sp³-hybridized carbons (Fsp3) is 0.316. The Bertz CT molecular complexity index is 688. The Morgan fingerprint density at radius 1 is 1.08 bits per heavy atom. The number of amides is 1. The van der Waals surface area contributed by atoms with Crippen molar-refractivity contribution < 1.29 is 18.7 Å². The Morgan fingerprint density at radius 3 is 2.62 bits per heavy atom. The summed E-state index contributed by atoms with van der Waals surface area (Å²) >= 11 is 0. The number of nitrogens with one attached hydrogen (secondary N) is 1. The minimum Gasteiger partial charge on any atom is -0.497 e. The van der Waals surface area contributed by atoms with Crippen molar-refractivity contribution >= 4 is 5.91 Å². The van der Waals surface area contributed by atoms with Gasteiger partial charge in [0.25, 0.3) is 0 Å². The van der Waals surface area contributed by atoms with Gasteiger partial charge < -0.3 is 14.8 Å². The number of hydrogen-bond acceptors (Lipinski definition) is 3. The minimum atomic E-state index is -0.278. The van der Waals surface area contributed by atoms with Crippen LogP contribution in [0.3, 0.4) is 0 Å². The molecule has 128 valence electrons. The summed E-state index contributed by atoms with van der Waals surface area (Å²) in [7, 11) is 3.21. The van der Waals surface area contributed by atoms with Crippen molar-refractivity contribution in [3.63, 3.8) is 0 Å². The quantitative estimate of drug-likeness (QED) is 0.808. The fourth-order valence-electron chi connectivity index (χ4n) is 2.43. The van der Waals surface area contributed by atoms with Crippen LogP contribution in [0, 0.1) is 5.82 Å². The molecule has 0 fully saturated rings. The third kappa shape index (κ3) is 5.26. The van der Waals surface area contributed by atoms with Gasteiger partial charge in [-0.3, -0.25) is 4.79 Å². The molecule has 2 aromatic carbocycles. The van der Waals surface area contributed by atoms with E-state index in [9.17, 15) is 9.18 Å². The highest BCUT2D eigenvalue weighted by atomic mass is 19.1. The number of benzene rings is 2. The predicted molar refractivity (Wildman–Crippen MR) is 91.0 cm³/mol. The van der Waals surface area contributed by atoms with E-state index < -0.39 is 0 Å². The van der Waals surface area contributed by atoms with E-state index in [1.165, 1.54) is 12.1 Å². The molecule has 0 spiro atoms. The van der Waals surface area contributed by atoms with E-state index >= 15 is 0 Å². The van der Waals surface area contributed by atoms with Gasteiger partial charge in [-0.25, -0.2) is 4.39 Å². The van der Waals surface area contributed by atoms with E-state index in [2.05, 4.69) is 5.32 Å². The molecule has 0 unspecified atom stereocenters. The zero-order valence-corrected chi connectivity index (χ0v) is 14.0. The normalized spacial score (nSPS) is 10.3. The van der Waals surface area contributed by atoms with Crippen LogP contribution < -0.4 is 14.8 Å². The maximum Gasteiger partial charge on any atom is 0.220 e. The first-order valence-corrected chi connectivity index (χ1v) is 7.84. The molecule has 0 aliphatic carbocycles. The van der Waals surface area contributed by atoms with Crippen LogP contribution in [0.4, 0.5) is 4.39 Å². The van der Waals surface area contributed by atoms with Crippen molar-refractivity contribution in [1.82, 2.24) is 5.32 Å². The zero-order chi connectivity index (χ0) is 17.4. The van der Waals surface area contributed by atoms with Crippen molar-refractivity contribution in [3.05, 3.63) is 59.4 Å². The van der Waals surface area contributed by atoms with E-state index in [0.29, 0.717) is 25.8 Å². The van der Waals surface area contributed by atoms with E-state index in [-0.39, 0.29) is 11.7 Å². The Labute approximate surface area is 141 Å². The molecule has 5 heteroatoms. The molecule has 24 heavy (non-hydrogen) atoms. The molecule has 4 nitrogen and oxygen atoms in total. The van der Waals surface area contributed by atoms with Gasteiger partial charge in [-0.15, -0.1) is 0 Å². The molecule has 0 aromatic heterocycles. The number of aryl methyl sites for hydroxylation is 1. The van der Waals surface area contributed by atoms with Crippen LogP contribution in [-0.4, -0.2) is 26.7 Å². The van der Waals surface area contributed by atoms with E-state index in [4.69, 9.17) is 9.47 Å². The Morgan fingerprint density at radius 2 is 1.92 bits per heavy atom. The summed E-state index contributed by atoms with van der Waals surface area (Å²) in [6, 6.07) is 11.9. The van der Waals surface area contributed by atoms with Gasteiger partial charge in [0, 0.05) is 19.0 Å². The second-order valence-electron chi connectivity index (χ2n) is 5.41. The summed E-state index contributed by atoms with van der Waals surface area (Å²) in [6.07, 6.45) is 1.53. The standard InChI is InChI=1S/C19H22FNO3/c1-23-17-8-7-15(18(13-17)24-2)10-11-21-19(22)9-6-14-4-3-5-16(20)12-14/h3-5,7-8,12-13H,6,9-11H2,1-2H3,(H,21,22). The average Bonchev–Trinajstić information content (AvgIpc) is 2.60. The van der Waals surface area contributed by atoms with Crippen LogP contribution in [0.2, 0.25) is 0 Å². The first-order chi connectivity index (χ1) is 11.6. The summed E-state index contributed by atoms with van der Waals surface area (Å²) < 4.78 is 23.6. The summed E-state index contributed by atoms with van der Waals surface area (Å²) in [5, 5.41) is 2.88. The molecule has 0 bridgehead atoms. The summed E-state index contributed by atoms with van der Waals surface area (Å²) in [4.78, 5) is 11.9. The number of ether oxygens (including phenoxy) is 2. The van der Waals surface area contributed by atoms with Crippen molar-refractivity contribution in [2.24, 2.45) is 0 Å². The molecule has 1 N–H and O–H groups in total. The predicted octanol–water partition coefficient (Wildman–Crippen LogP) is 3.13. The average molecular weight is 331 g/mol. The highest BCUT2D eigenvalue weighted by molar-refractivity contribution is 5.76. The number of methoxy groups -OCH3 is 2. The molecular formula is C19H22FNO3. The lowest BCUT2D eigenvalue weighted by Gasteiger charge is -2.11. The van der Waals surface area contributed by atoms with E-state index in [1.807, 2.05) is 24.3 Å². The molecule has 0 saturated carbocycles. The third-order valence-electron chi connectivity index (χ3n) is 3.74. The first-order valence-electron chi connectivity index (χ1n) is 7.84. The van der Waals surface area contributed by atoms with Crippen molar-refractivity contribution in [3.8, 4) is 11.5 Å². The Hall–Kier alpha value is -2.56. The number of rotatable bonds is 8. The Balaban J connectivity index is 1.78. The topological polar surface area (TPSA) is 47.6 Å². The van der Waals surface area contributed by atoms with Gasteiger partial charge in [-0.2, -0.15) is 0 Å². The number of carbonyl (C=O) groups is 1. The lowest BCUT2D eigenvalue weighted by Crippen LogP contribution is -2.26. The highest BCUT2D eigenvalue weighted by Gasteiger charge is 2.07. The van der Waals surface area contributed by atoms with Crippen LogP contribution in [0.5, 0.6) is 11.5 Å². The van der Waals surface area contributed by atoms with E-state index in [0.717, 1.165) is 22.6 Å². The van der Waals surface area contributed by atoms with E-state index in [1.54, 1.807) is 20.3 Å². The number of carbonyl (C=O) groups excluding carboxylic acids is 1. The molecule has 0 saturated heterocycles. The first kappa shape index (κ1) is 17.8. The molecule has 0 radical (unpaired) electrons.